The molecular formula is C15H19N3. The Balaban J connectivity index is 2.14. The van der Waals surface area contributed by atoms with E-state index in [0.29, 0.717) is 11.8 Å². The molecule has 3 rings (SSSR count). The second-order valence-electron chi connectivity index (χ2n) is 5.36. The summed E-state index contributed by atoms with van der Waals surface area (Å²) in [6.45, 7) is 4.38. The highest BCUT2D eigenvalue weighted by molar-refractivity contribution is 5.53. The molecule has 1 saturated carbocycles. The Bertz CT molecular complexity index is 551. The fourth-order valence-electron chi connectivity index (χ4n) is 2.48. The molecule has 94 valence electrons. The van der Waals surface area contributed by atoms with Crippen LogP contribution < -0.4 is 5.73 Å². The SMILES string of the molecule is CC(C)c1c(C2CC2)nn(-c2ccccc2)c1N. The summed E-state index contributed by atoms with van der Waals surface area (Å²) in [5.74, 6) is 1.87. The zero-order valence-electron chi connectivity index (χ0n) is 10.9. The molecule has 0 aliphatic heterocycles. The van der Waals surface area contributed by atoms with Crippen molar-refractivity contribution in [3.05, 3.63) is 41.6 Å². The number of nitrogens with two attached hydrogens (primary N) is 1. The monoisotopic (exact) mass is 241 g/mol. The molecule has 3 heteroatoms. The summed E-state index contributed by atoms with van der Waals surface area (Å²) < 4.78 is 1.89. The van der Waals surface area contributed by atoms with Gasteiger partial charge in [-0.3, -0.25) is 0 Å². The zero-order valence-corrected chi connectivity index (χ0v) is 10.9. The van der Waals surface area contributed by atoms with E-state index < -0.39 is 0 Å². The van der Waals surface area contributed by atoms with Gasteiger partial charge in [-0.1, -0.05) is 32.0 Å². The Morgan fingerprint density at radius 3 is 2.44 bits per heavy atom. The Kier molecular flexibility index (Phi) is 2.62. The van der Waals surface area contributed by atoms with Gasteiger partial charge in [0, 0.05) is 11.5 Å². The summed E-state index contributed by atoms with van der Waals surface area (Å²) in [4.78, 5) is 0. The van der Waals surface area contributed by atoms with Gasteiger partial charge in [0.05, 0.1) is 11.4 Å². The molecule has 0 radical (unpaired) electrons. The summed E-state index contributed by atoms with van der Waals surface area (Å²) in [6, 6.07) is 10.1. The molecule has 3 nitrogen and oxygen atoms in total. The van der Waals surface area contributed by atoms with Crippen molar-refractivity contribution in [3.63, 3.8) is 0 Å². The highest BCUT2D eigenvalue weighted by Crippen LogP contribution is 2.44. The molecule has 1 heterocycles. The molecule has 0 bridgehead atoms. The lowest BCUT2D eigenvalue weighted by Gasteiger charge is -2.07. The maximum atomic E-state index is 6.30. The van der Waals surface area contributed by atoms with Gasteiger partial charge in [-0.25, -0.2) is 4.68 Å². The summed E-state index contributed by atoms with van der Waals surface area (Å²) in [5.41, 5.74) is 9.80. The standard InChI is InChI=1S/C15H19N3/c1-10(2)13-14(11-8-9-11)17-18(15(13)16)12-6-4-3-5-7-12/h3-7,10-11H,8-9,16H2,1-2H3. The average molecular weight is 241 g/mol. The van der Waals surface area contributed by atoms with Crippen molar-refractivity contribution in [2.75, 3.05) is 5.73 Å². The Morgan fingerprint density at radius 1 is 1.22 bits per heavy atom. The van der Waals surface area contributed by atoms with Crippen molar-refractivity contribution in [2.24, 2.45) is 0 Å². The van der Waals surface area contributed by atoms with Gasteiger partial charge in [0.15, 0.2) is 0 Å². The van der Waals surface area contributed by atoms with Crippen LogP contribution in [0, 0.1) is 0 Å². The van der Waals surface area contributed by atoms with Gasteiger partial charge >= 0.3 is 0 Å². The van der Waals surface area contributed by atoms with E-state index in [4.69, 9.17) is 10.8 Å². The Morgan fingerprint density at radius 2 is 1.89 bits per heavy atom. The summed E-state index contributed by atoms with van der Waals surface area (Å²) in [6.07, 6.45) is 2.51. The number of anilines is 1. The van der Waals surface area contributed by atoms with Crippen LogP contribution in [-0.4, -0.2) is 9.78 Å². The maximum absolute atomic E-state index is 6.30. The van der Waals surface area contributed by atoms with Crippen LogP contribution in [0.2, 0.25) is 0 Å². The van der Waals surface area contributed by atoms with Crippen LogP contribution >= 0.6 is 0 Å². The summed E-state index contributed by atoms with van der Waals surface area (Å²) in [5, 5.41) is 4.75. The van der Waals surface area contributed by atoms with Crippen LogP contribution in [0.3, 0.4) is 0 Å². The second kappa shape index (κ2) is 4.16. The van der Waals surface area contributed by atoms with E-state index in [0.717, 1.165) is 11.5 Å². The van der Waals surface area contributed by atoms with Crippen LogP contribution in [0.1, 0.15) is 49.8 Å². The predicted octanol–water partition coefficient (Wildman–Crippen LogP) is 3.46. The number of rotatable bonds is 3. The van der Waals surface area contributed by atoms with Crippen LogP contribution in [0.25, 0.3) is 5.69 Å². The van der Waals surface area contributed by atoms with E-state index in [1.54, 1.807) is 0 Å². The first-order valence-electron chi connectivity index (χ1n) is 6.62. The topological polar surface area (TPSA) is 43.8 Å². The fourth-order valence-corrected chi connectivity index (χ4v) is 2.48. The van der Waals surface area contributed by atoms with E-state index in [1.165, 1.54) is 24.1 Å². The largest absolute Gasteiger partial charge is 0.383 e. The fraction of sp³-hybridized carbons (Fsp3) is 0.400. The van der Waals surface area contributed by atoms with E-state index in [1.807, 2.05) is 35.0 Å². The minimum Gasteiger partial charge on any atom is -0.383 e. The third-order valence-corrected chi connectivity index (χ3v) is 3.53. The van der Waals surface area contributed by atoms with Gasteiger partial charge in [0.25, 0.3) is 0 Å². The average Bonchev–Trinajstić information content (AvgIpc) is 3.14. The van der Waals surface area contributed by atoms with Crippen molar-refractivity contribution in [2.45, 2.75) is 38.5 Å². The van der Waals surface area contributed by atoms with Crippen molar-refractivity contribution in [1.82, 2.24) is 9.78 Å². The first kappa shape index (κ1) is 11.3. The molecule has 1 aromatic heterocycles. The summed E-state index contributed by atoms with van der Waals surface area (Å²) in [7, 11) is 0. The number of hydrogen-bond acceptors (Lipinski definition) is 2. The van der Waals surface area contributed by atoms with Crippen LogP contribution in [0.5, 0.6) is 0 Å². The predicted molar refractivity (Wildman–Crippen MR) is 74.0 cm³/mol. The van der Waals surface area contributed by atoms with Crippen LogP contribution in [0.15, 0.2) is 30.3 Å². The lowest BCUT2D eigenvalue weighted by molar-refractivity contribution is 0.825. The normalized spacial score (nSPS) is 15.3. The third kappa shape index (κ3) is 1.80. The zero-order chi connectivity index (χ0) is 12.7. The molecule has 0 saturated heterocycles. The van der Waals surface area contributed by atoms with Crippen molar-refractivity contribution < 1.29 is 0 Å². The smallest absolute Gasteiger partial charge is 0.130 e. The van der Waals surface area contributed by atoms with Crippen molar-refractivity contribution in [1.29, 1.82) is 0 Å². The highest BCUT2D eigenvalue weighted by atomic mass is 15.3. The van der Waals surface area contributed by atoms with E-state index in [-0.39, 0.29) is 0 Å². The molecule has 1 aliphatic carbocycles. The van der Waals surface area contributed by atoms with Gasteiger partial charge < -0.3 is 5.73 Å². The maximum Gasteiger partial charge on any atom is 0.130 e. The Labute approximate surface area is 108 Å². The molecule has 2 aromatic rings. The van der Waals surface area contributed by atoms with Gasteiger partial charge in [0.2, 0.25) is 0 Å². The van der Waals surface area contributed by atoms with Crippen LogP contribution in [-0.2, 0) is 0 Å². The molecule has 1 aromatic carbocycles. The second-order valence-corrected chi connectivity index (χ2v) is 5.36. The quantitative estimate of drug-likeness (QED) is 0.894. The van der Waals surface area contributed by atoms with Gasteiger partial charge in [-0.15, -0.1) is 0 Å². The van der Waals surface area contributed by atoms with E-state index in [9.17, 15) is 0 Å². The molecule has 0 amide bonds. The lowest BCUT2D eigenvalue weighted by atomic mass is 10.0. The molecule has 0 spiro atoms. The number of aromatic nitrogens is 2. The summed E-state index contributed by atoms with van der Waals surface area (Å²) >= 11 is 0. The third-order valence-electron chi connectivity index (χ3n) is 3.53. The Hall–Kier alpha value is -1.77. The van der Waals surface area contributed by atoms with Gasteiger partial charge in [0.1, 0.15) is 5.82 Å². The number of nitrogens with zero attached hydrogens (tertiary/aromatic N) is 2. The number of para-hydroxylation sites is 1. The lowest BCUT2D eigenvalue weighted by Crippen LogP contribution is -2.03. The van der Waals surface area contributed by atoms with Gasteiger partial charge in [-0.05, 0) is 30.9 Å². The number of nitrogen functional groups attached to an aromatic ring is 1. The molecule has 2 N–H and O–H groups in total. The molecule has 0 unspecified atom stereocenters. The van der Waals surface area contributed by atoms with Gasteiger partial charge in [-0.2, -0.15) is 5.10 Å². The molecule has 1 aliphatic rings. The first-order chi connectivity index (χ1) is 8.68. The first-order valence-corrected chi connectivity index (χ1v) is 6.62. The van der Waals surface area contributed by atoms with Crippen molar-refractivity contribution >= 4 is 5.82 Å². The van der Waals surface area contributed by atoms with E-state index in [2.05, 4.69) is 13.8 Å². The number of benzene rings is 1. The number of hydrogen-bond donors (Lipinski definition) is 1. The highest BCUT2D eigenvalue weighted by Gasteiger charge is 2.32. The molecule has 1 fully saturated rings. The minimum atomic E-state index is 0.429. The molecule has 18 heavy (non-hydrogen) atoms. The molecule has 0 atom stereocenters. The molecular weight excluding hydrogens is 222 g/mol. The van der Waals surface area contributed by atoms with Crippen LogP contribution in [0.4, 0.5) is 5.82 Å². The van der Waals surface area contributed by atoms with Crippen molar-refractivity contribution in [3.8, 4) is 5.69 Å². The van der Waals surface area contributed by atoms with E-state index >= 15 is 0 Å². The minimum absolute atomic E-state index is 0.429.